The molecular weight excluding hydrogens is 352 g/mol. The van der Waals surface area contributed by atoms with Crippen molar-refractivity contribution in [1.29, 1.82) is 0 Å². The van der Waals surface area contributed by atoms with Crippen molar-refractivity contribution in [3.63, 3.8) is 0 Å². The first kappa shape index (κ1) is 18.3. The van der Waals surface area contributed by atoms with Gasteiger partial charge in [0.15, 0.2) is 0 Å². The fourth-order valence-electron chi connectivity index (χ4n) is 3.44. The summed E-state index contributed by atoms with van der Waals surface area (Å²) in [6, 6.07) is 15.3. The number of piperidine rings is 1. The topological polar surface area (TPSA) is 75.9 Å². The highest BCUT2D eigenvalue weighted by molar-refractivity contribution is 6.04. The number of carbonyl (C=O) groups is 1. The van der Waals surface area contributed by atoms with Crippen LogP contribution in [0.2, 0.25) is 0 Å². The second kappa shape index (κ2) is 8.31. The normalized spacial score (nSPS) is 15.5. The molecule has 0 atom stereocenters. The van der Waals surface area contributed by atoms with Gasteiger partial charge in [0.2, 0.25) is 0 Å². The third kappa shape index (κ3) is 4.43. The summed E-state index contributed by atoms with van der Waals surface area (Å²) in [5.74, 6) is 0.681. The number of likely N-dealkylation sites (tertiary alicyclic amines) is 1. The van der Waals surface area contributed by atoms with E-state index in [0.29, 0.717) is 5.56 Å². The zero-order chi connectivity index (χ0) is 19.3. The van der Waals surface area contributed by atoms with E-state index in [0.717, 1.165) is 36.9 Å². The number of rotatable bonds is 5. The van der Waals surface area contributed by atoms with Gasteiger partial charge < -0.3 is 5.32 Å². The van der Waals surface area contributed by atoms with Gasteiger partial charge in [-0.1, -0.05) is 25.1 Å². The molecule has 7 nitrogen and oxygen atoms in total. The van der Waals surface area contributed by atoms with Gasteiger partial charge >= 0.3 is 0 Å². The molecule has 144 valence electrons. The van der Waals surface area contributed by atoms with Crippen molar-refractivity contribution in [1.82, 2.24) is 25.1 Å². The first-order valence-corrected chi connectivity index (χ1v) is 9.63. The zero-order valence-corrected chi connectivity index (χ0v) is 16.0. The summed E-state index contributed by atoms with van der Waals surface area (Å²) in [5, 5.41) is 14.1. The van der Waals surface area contributed by atoms with Crippen molar-refractivity contribution in [2.75, 3.05) is 18.4 Å². The molecule has 1 saturated heterocycles. The summed E-state index contributed by atoms with van der Waals surface area (Å²) in [5.41, 5.74) is 3.35. The molecule has 28 heavy (non-hydrogen) atoms. The third-order valence-electron chi connectivity index (χ3n) is 5.22. The van der Waals surface area contributed by atoms with Crippen LogP contribution >= 0.6 is 0 Å². The van der Waals surface area contributed by atoms with E-state index in [-0.39, 0.29) is 5.91 Å². The van der Waals surface area contributed by atoms with Crippen molar-refractivity contribution in [2.24, 2.45) is 5.92 Å². The van der Waals surface area contributed by atoms with Crippen LogP contribution in [0.15, 0.2) is 54.9 Å². The molecule has 0 bridgehead atoms. The Morgan fingerprint density at radius 2 is 1.93 bits per heavy atom. The minimum Gasteiger partial charge on any atom is -0.322 e. The van der Waals surface area contributed by atoms with Gasteiger partial charge in [0, 0.05) is 17.8 Å². The Kier molecular flexibility index (Phi) is 5.43. The standard InChI is InChI=1S/C21H24N6O/c1-16-9-11-26(12-10-16)14-17-5-7-19(8-6-17)23-21(28)18-3-2-4-20(13-18)27-15-22-24-25-27/h2-8,13,15-16H,9-12,14H2,1H3,(H,23,28). The first-order valence-electron chi connectivity index (χ1n) is 9.63. The summed E-state index contributed by atoms with van der Waals surface area (Å²) >= 11 is 0. The smallest absolute Gasteiger partial charge is 0.255 e. The van der Waals surface area contributed by atoms with Crippen LogP contribution in [-0.4, -0.2) is 44.1 Å². The number of benzene rings is 2. The number of amides is 1. The zero-order valence-electron chi connectivity index (χ0n) is 16.0. The van der Waals surface area contributed by atoms with Gasteiger partial charge in [-0.3, -0.25) is 9.69 Å². The lowest BCUT2D eigenvalue weighted by molar-refractivity contribution is 0.102. The fraction of sp³-hybridized carbons (Fsp3) is 0.333. The number of carbonyl (C=O) groups excluding carboxylic acids is 1. The highest BCUT2D eigenvalue weighted by Crippen LogP contribution is 2.19. The number of tetrazole rings is 1. The minimum absolute atomic E-state index is 0.160. The maximum absolute atomic E-state index is 12.6. The molecule has 1 aromatic heterocycles. The molecule has 0 aliphatic carbocycles. The summed E-state index contributed by atoms with van der Waals surface area (Å²) in [7, 11) is 0. The van der Waals surface area contributed by atoms with Crippen molar-refractivity contribution < 1.29 is 4.79 Å². The largest absolute Gasteiger partial charge is 0.322 e. The molecule has 1 aliphatic heterocycles. The van der Waals surface area contributed by atoms with Crippen molar-refractivity contribution in [3.05, 3.63) is 66.0 Å². The molecule has 2 aromatic carbocycles. The highest BCUT2D eigenvalue weighted by atomic mass is 16.1. The Labute approximate surface area is 164 Å². The number of anilines is 1. The summed E-state index contributed by atoms with van der Waals surface area (Å²) in [6.45, 7) is 5.62. The fourth-order valence-corrected chi connectivity index (χ4v) is 3.44. The number of hydrogen-bond acceptors (Lipinski definition) is 5. The average Bonchev–Trinajstić information content (AvgIpc) is 3.26. The molecule has 1 N–H and O–H groups in total. The molecule has 0 saturated carbocycles. The molecule has 3 aromatic rings. The summed E-state index contributed by atoms with van der Waals surface area (Å²) in [4.78, 5) is 15.1. The van der Waals surface area contributed by atoms with E-state index >= 15 is 0 Å². The monoisotopic (exact) mass is 376 g/mol. The van der Waals surface area contributed by atoms with Gasteiger partial charge in [-0.25, -0.2) is 4.68 Å². The number of nitrogens with one attached hydrogen (secondary N) is 1. The van der Waals surface area contributed by atoms with Gasteiger partial charge in [-0.05, 0) is 78.2 Å². The lowest BCUT2D eigenvalue weighted by atomic mass is 9.99. The van der Waals surface area contributed by atoms with E-state index in [2.05, 4.69) is 44.8 Å². The molecule has 1 fully saturated rings. The maximum Gasteiger partial charge on any atom is 0.255 e. The van der Waals surface area contributed by atoms with E-state index in [1.807, 2.05) is 24.3 Å². The lowest BCUT2D eigenvalue weighted by Gasteiger charge is -2.30. The molecule has 4 rings (SSSR count). The molecule has 1 aliphatic rings. The van der Waals surface area contributed by atoms with Gasteiger partial charge in [-0.2, -0.15) is 0 Å². The quantitative estimate of drug-likeness (QED) is 0.740. The van der Waals surface area contributed by atoms with Crippen LogP contribution in [0.25, 0.3) is 5.69 Å². The Morgan fingerprint density at radius 3 is 2.64 bits per heavy atom. The van der Waals surface area contributed by atoms with E-state index in [1.54, 1.807) is 12.1 Å². The summed E-state index contributed by atoms with van der Waals surface area (Å²) in [6.07, 6.45) is 4.05. The Morgan fingerprint density at radius 1 is 1.14 bits per heavy atom. The van der Waals surface area contributed by atoms with Crippen molar-refractivity contribution in [3.8, 4) is 5.69 Å². The van der Waals surface area contributed by atoms with Gasteiger partial charge in [0.1, 0.15) is 6.33 Å². The third-order valence-corrected chi connectivity index (χ3v) is 5.22. The van der Waals surface area contributed by atoms with E-state index < -0.39 is 0 Å². The van der Waals surface area contributed by atoms with Gasteiger partial charge in [-0.15, -0.1) is 5.10 Å². The SMILES string of the molecule is CC1CCN(Cc2ccc(NC(=O)c3cccc(-n4cnnn4)c3)cc2)CC1. The second-order valence-electron chi connectivity index (χ2n) is 7.41. The molecule has 0 unspecified atom stereocenters. The first-order chi connectivity index (χ1) is 13.7. The van der Waals surface area contributed by atoms with Gasteiger partial charge in [0.25, 0.3) is 5.91 Å². The van der Waals surface area contributed by atoms with Crippen LogP contribution in [0.5, 0.6) is 0 Å². The average molecular weight is 376 g/mol. The van der Waals surface area contributed by atoms with Crippen molar-refractivity contribution >= 4 is 11.6 Å². The number of aromatic nitrogens is 4. The second-order valence-corrected chi connectivity index (χ2v) is 7.41. The van der Waals surface area contributed by atoms with Crippen molar-refractivity contribution in [2.45, 2.75) is 26.3 Å². The van der Waals surface area contributed by atoms with E-state index in [4.69, 9.17) is 0 Å². The molecular formula is C21H24N6O. The van der Waals surface area contributed by atoms with E-state index in [1.165, 1.54) is 29.4 Å². The Hall–Kier alpha value is -3.06. The number of hydrogen-bond donors (Lipinski definition) is 1. The Bertz CT molecular complexity index is 914. The molecule has 2 heterocycles. The Balaban J connectivity index is 1.38. The lowest BCUT2D eigenvalue weighted by Crippen LogP contribution is -2.32. The van der Waals surface area contributed by atoms with E-state index in [9.17, 15) is 4.79 Å². The molecule has 1 amide bonds. The molecule has 7 heteroatoms. The molecule has 0 radical (unpaired) electrons. The van der Waals surface area contributed by atoms with Crippen LogP contribution in [0.1, 0.15) is 35.7 Å². The highest BCUT2D eigenvalue weighted by Gasteiger charge is 2.15. The van der Waals surface area contributed by atoms with Crippen LogP contribution in [0, 0.1) is 5.92 Å². The number of nitrogens with zero attached hydrogens (tertiary/aromatic N) is 5. The van der Waals surface area contributed by atoms with Crippen LogP contribution in [0.4, 0.5) is 5.69 Å². The molecule has 0 spiro atoms. The predicted octanol–water partition coefficient (Wildman–Crippen LogP) is 3.15. The maximum atomic E-state index is 12.6. The van der Waals surface area contributed by atoms with Gasteiger partial charge in [0.05, 0.1) is 5.69 Å². The predicted molar refractivity (Wildman–Crippen MR) is 107 cm³/mol. The van der Waals surface area contributed by atoms with Crippen LogP contribution in [0.3, 0.4) is 0 Å². The summed E-state index contributed by atoms with van der Waals surface area (Å²) < 4.78 is 1.52. The van der Waals surface area contributed by atoms with Crippen LogP contribution in [-0.2, 0) is 6.54 Å². The minimum atomic E-state index is -0.160. The van der Waals surface area contributed by atoms with Crippen LogP contribution < -0.4 is 5.32 Å².